The summed E-state index contributed by atoms with van der Waals surface area (Å²) in [5.41, 5.74) is 2.63. The summed E-state index contributed by atoms with van der Waals surface area (Å²) < 4.78 is 44.4. The Kier molecular flexibility index (Phi) is 4.94. The molecule has 1 aliphatic heterocycles. The fraction of sp³-hybridized carbons (Fsp3) is 0.292. The molecule has 8 heteroatoms. The number of nitrogens with one attached hydrogen (secondary N) is 1. The van der Waals surface area contributed by atoms with Crippen molar-refractivity contribution in [2.75, 3.05) is 6.54 Å². The molecule has 1 fully saturated rings. The van der Waals surface area contributed by atoms with Crippen molar-refractivity contribution in [1.82, 2.24) is 19.1 Å². The number of hydrogen-bond donors (Lipinski definition) is 1. The molecule has 0 spiro atoms. The minimum Gasteiger partial charge on any atom is -0.347 e. The molecule has 0 amide bonds. The van der Waals surface area contributed by atoms with Gasteiger partial charge in [-0.1, -0.05) is 18.2 Å². The molecule has 0 aliphatic carbocycles. The van der Waals surface area contributed by atoms with Crippen LogP contribution in [0, 0.1) is 11.7 Å². The average Bonchev–Trinajstić information content (AvgIpc) is 3.47. The van der Waals surface area contributed by atoms with Crippen LogP contribution in [-0.2, 0) is 16.6 Å². The molecule has 1 atom stereocenters. The molecule has 1 aliphatic rings. The summed E-state index contributed by atoms with van der Waals surface area (Å²) >= 11 is 0. The van der Waals surface area contributed by atoms with E-state index in [0.29, 0.717) is 19.5 Å². The van der Waals surface area contributed by atoms with E-state index < -0.39 is 21.4 Å². The Morgan fingerprint density at radius 2 is 1.97 bits per heavy atom. The Hall–Kier alpha value is -2.97. The highest BCUT2D eigenvalue weighted by atomic mass is 32.2. The van der Waals surface area contributed by atoms with Gasteiger partial charge >= 0.3 is 0 Å². The van der Waals surface area contributed by atoms with Gasteiger partial charge in [-0.2, -0.15) is 9.40 Å². The number of H-pyrrole nitrogens is 1. The molecule has 3 heterocycles. The number of benzene rings is 2. The van der Waals surface area contributed by atoms with Crippen molar-refractivity contribution < 1.29 is 12.8 Å². The zero-order chi connectivity index (χ0) is 22.5. The van der Waals surface area contributed by atoms with E-state index in [0.717, 1.165) is 22.0 Å². The number of hydrogen-bond acceptors (Lipinski definition) is 3. The Morgan fingerprint density at radius 1 is 1.16 bits per heavy atom. The zero-order valence-electron chi connectivity index (χ0n) is 18.0. The van der Waals surface area contributed by atoms with Gasteiger partial charge < -0.3 is 4.57 Å². The predicted octanol–water partition coefficient (Wildman–Crippen LogP) is 4.66. The van der Waals surface area contributed by atoms with Gasteiger partial charge in [-0.15, -0.1) is 0 Å². The average molecular weight is 453 g/mol. The highest BCUT2D eigenvalue weighted by Gasteiger charge is 2.46. The van der Waals surface area contributed by atoms with E-state index in [9.17, 15) is 12.8 Å². The first-order valence-corrected chi connectivity index (χ1v) is 12.1. The maximum Gasteiger partial charge on any atom is 0.246 e. The number of halogens is 1. The van der Waals surface area contributed by atoms with Crippen molar-refractivity contribution >= 4 is 20.9 Å². The second kappa shape index (κ2) is 7.56. The molecule has 6 nitrogen and oxygen atoms in total. The second-order valence-electron chi connectivity index (χ2n) is 9.08. The van der Waals surface area contributed by atoms with E-state index >= 15 is 0 Å². The predicted molar refractivity (Wildman–Crippen MR) is 122 cm³/mol. The van der Waals surface area contributed by atoms with E-state index in [2.05, 4.69) is 39.0 Å². The van der Waals surface area contributed by atoms with Crippen LogP contribution in [0.5, 0.6) is 0 Å². The van der Waals surface area contributed by atoms with Crippen LogP contribution in [0.1, 0.15) is 20.3 Å². The van der Waals surface area contributed by atoms with Crippen LogP contribution in [0.4, 0.5) is 4.39 Å². The summed E-state index contributed by atoms with van der Waals surface area (Å²) in [5, 5.41) is 7.97. The summed E-state index contributed by atoms with van der Waals surface area (Å²) in [6.45, 7) is 4.88. The van der Waals surface area contributed by atoms with Gasteiger partial charge in [0.05, 0.1) is 6.20 Å². The number of fused-ring (bicyclic) bond motifs is 1. The van der Waals surface area contributed by atoms with Crippen molar-refractivity contribution in [2.24, 2.45) is 5.92 Å². The fourth-order valence-corrected chi connectivity index (χ4v) is 6.83. The molecule has 5 rings (SSSR count). The van der Waals surface area contributed by atoms with Gasteiger partial charge in [0.2, 0.25) is 10.0 Å². The molecular weight excluding hydrogens is 427 g/mol. The Balaban J connectivity index is 1.40. The van der Waals surface area contributed by atoms with Gasteiger partial charge in [0, 0.05) is 47.5 Å². The number of aromatic nitrogens is 3. The van der Waals surface area contributed by atoms with Crippen molar-refractivity contribution in [3.63, 3.8) is 0 Å². The zero-order valence-corrected chi connectivity index (χ0v) is 18.8. The van der Waals surface area contributed by atoms with Gasteiger partial charge in [0.25, 0.3) is 0 Å². The molecule has 32 heavy (non-hydrogen) atoms. The minimum absolute atomic E-state index is 0.121. The first kappa shape index (κ1) is 20.9. The Labute approximate surface area is 186 Å². The van der Waals surface area contributed by atoms with E-state index in [1.54, 1.807) is 12.3 Å². The van der Waals surface area contributed by atoms with Crippen molar-refractivity contribution in [3.05, 3.63) is 72.9 Å². The summed E-state index contributed by atoms with van der Waals surface area (Å²) in [7, 11) is -3.92. The van der Waals surface area contributed by atoms with E-state index in [-0.39, 0.29) is 10.8 Å². The summed E-state index contributed by atoms with van der Waals surface area (Å²) in [5.74, 6) is -0.590. The maximum atomic E-state index is 14.3. The fourth-order valence-electron chi connectivity index (χ4n) is 4.90. The monoisotopic (exact) mass is 452 g/mol. The third kappa shape index (κ3) is 3.53. The van der Waals surface area contributed by atoms with E-state index in [4.69, 9.17) is 0 Å². The third-order valence-electron chi connectivity index (χ3n) is 6.35. The van der Waals surface area contributed by atoms with E-state index in [1.807, 2.05) is 26.2 Å². The second-order valence-corrected chi connectivity index (χ2v) is 10.9. The lowest BCUT2D eigenvalue weighted by atomic mass is 9.97. The number of rotatable bonds is 5. The normalized spacial score (nSPS) is 19.0. The highest BCUT2D eigenvalue weighted by Crippen LogP contribution is 2.39. The molecule has 0 bridgehead atoms. The van der Waals surface area contributed by atoms with Crippen LogP contribution in [-0.4, -0.2) is 39.6 Å². The summed E-state index contributed by atoms with van der Waals surface area (Å²) in [6, 6.07) is 13.9. The Morgan fingerprint density at radius 3 is 2.72 bits per heavy atom. The van der Waals surface area contributed by atoms with Crippen molar-refractivity contribution in [1.29, 1.82) is 0 Å². The number of sulfonamides is 1. The van der Waals surface area contributed by atoms with Crippen LogP contribution in [0.2, 0.25) is 0 Å². The lowest BCUT2D eigenvalue weighted by Crippen LogP contribution is -2.42. The molecule has 2 aromatic heterocycles. The first-order chi connectivity index (χ1) is 15.3. The van der Waals surface area contributed by atoms with Crippen molar-refractivity contribution in [2.45, 2.75) is 37.2 Å². The molecule has 166 valence electrons. The van der Waals surface area contributed by atoms with Gasteiger partial charge in [0.15, 0.2) is 0 Å². The molecule has 0 saturated carbocycles. The molecule has 1 unspecified atom stereocenters. The number of nitrogens with zero attached hydrogens (tertiary/aromatic N) is 3. The number of aromatic amines is 1. The SMILES string of the molecule is CC1(C)CC(Cn2ccc3cc(-c4cn[nH]c4)ccc32)CN1S(=O)(=O)c1ccccc1F. The smallest absolute Gasteiger partial charge is 0.246 e. The molecule has 0 radical (unpaired) electrons. The van der Waals surface area contributed by atoms with Gasteiger partial charge in [-0.25, -0.2) is 12.8 Å². The quantitative estimate of drug-likeness (QED) is 0.479. The minimum atomic E-state index is -3.92. The van der Waals surface area contributed by atoms with Gasteiger partial charge in [-0.05, 0) is 62.1 Å². The van der Waals surface area contributed by atoms with E-state index in [1.165, 1.54) is 22.5 Å². The van der Waals surface area contributed by atoms with Crippen molar-refractivity contribution in [3.8, 4) is 11.1 Å². The lowest BCUT2D eigenvalue weighted by Gasteiger charge is -2.30. The van der Waals surface area contributed by atoms with Crippen LogP contribution in [0.15, 0.2) is 72.0 Å². The van der Waals surface area contributed by atoms with Gasteiger partial charge in [0.1, 0.15) is 10.7 Å². The van der Waals surface area contributed by atoms with Crippen LogP contribution < -0.4 is 0 Å². The van der Waals surface area contributed by atoms with Crippen LogP contribution in [0.3, 0.4) is 0 Å². The molecule has 2 aromatic carbocycles. The lowest BCUT2D eigenvalue weighted by molar-refractivity contribution is 0.290. The van der Waals surface area contributed by atoms with Crippen LogP contribution in [0.25, 0.3) is 22.0 Å². The standard InChI is InChI=1S/C24H25FN4O2S/c1-24(2)12-17(16-29(24)32(30,31)23-6-4-3-5-21(23)25)15-28-10-9-19-11-18(7-8-22(19)28)20-13-26-27-14-20/h3-11,13-14,17H,12,15-16H2,1-2H3,(H,26,27). The third-order valence-corrected chi connectivity index (χ3v) is 8.46. The maximum absolute atomic E-state index is 14.3. The molecular formula is C24H25FN4O2S. The summed E-state index contributed by atoms with van der Waals surface area (Å²) in [6.07, 6.45) is 6.41. The molecule has 1 N–H and O–H groups in total. The first-order valence-electron chi connectivity index (χ1n) is 10.6. The molecule has 4 aromatic rings. The molecule has 1 saturated heterocycles. The Bertz CT molecular complexity index is 1380. The topological polar surface area (TPSA) is 71.0 Å². The highest BCUT2D eigenvalue weighted by molar-refractivity contribution is 7.89. The largest absolute Gasteiger partial charge is 0.347 e. The van der Waals surface area contributed by atoms with Gasteiger partial charge in [-0.3, -0.25) is 5.10 Å². The summed E-state index contributed by atoms with van der Waals surface area (Å²) in [4.78, 5) is -0.257. The van der Waals surface area contributed by atoms with Crippen LogP contribution >= 0.6 is 0 Å².